The second-order valence-corrected chi connectivity index (χ2v) is 4.31. The summed E-state index contributed by atoms with van der Waals surface area (Å²) < 4.78 is 7.07. The fourth-order valence-corrected chi connectivity index (χ4v) is 1.85. The van der Waals surface area contributed by atoms with Crippen molar-refractivity contribution in [1.82, 2.24) is 14.7 Å². The summed E-state index contributed by atoms with van der Waals surface area (Å²) >= 11 is 0. The van der Waals surface area contributed by atoms with E-state index in [1.165, 1.54) is 5.69 Å². The van der Waals surface area contributed by atoms with Gasteiger partial charge in [-0.15, -0.1) is 0 Å². The maximum absolute atomic E-state index is 5.56. The molecule has 0 atom stereocenters. The van der Waals surface area contributed by atoms with Crippen LogP contribution in [0.5, 0.6) is 0 Å². The van der Waals surface area contributed by atoms with Crippen LogP contribution in [0.25, 0.3) is 0 Å². The molecule has 0 bridgehead atoms. The second kappa shape index (κ2) is 7.42. The van der Waals surface area contributed by atoms with E-state index in [1.807, 2.05) is 18.7 Å². The Morgan fingerprint density at radius 3 is 2.76 bits per heavy atom. The Balaban J connectivity index is 2.54. The van der Waals surface area contributed by atoms with Crippen molar-refractivity contribution >= 4 is 0 Å². The smallest absolute Gasteiger partial charge is 0.0597 e. The van der Waals surface area contributed by atoms with Crippen molar-refractivity contribution in [3.63, 3.8) is 0 Å². The van der Waals surface area contributed by atoms with E-state index in [2.05, 4.69) is 16.1 Å². The Labute approximate surface area is 104 Å². The minimum absolute atomic E-state index is 0.730. The van der Waals surface area contributed by atoms with Gasteiger partial charge in [-0.25, -0.2) is 0 Å². The third-order valence-electron chi connectivity index (χ3n) is 2.77. The first-order valence-corrected chi connectivity index (χ1v) is 6.08. The zero-order valence-electron chi connectivity index (χ0n) is 11.1. The second-order valence-electron chi connectivity index (χ2n) is 4.31. The topological polar surface area (TPSA) is 56.3 Å². The molecule has 0 aromatic carbocycles. The Kier molecular flexibility index (Phi) is 6.18. The van der Waals surface area contributed by atoms with Gasteiger partial charge in [0.2, 0.25) is 0 Å². The van der Waals surface area contributed by atoms with E-state index in [0.29, 0.717) is 0 Å². The van der Waals surface area contributed by atoms with Gasteiger partial charge < -0.3 is 10.5 Å². The van der Waals surface area contributed by atoms with Crippen molar-refractivity contribution < 1.29 is 4.74 Å². The molecule has 1 rings (SSSR count). The summed E-state index contributed by atoms with van der Waals surface area (Å²) in [7, 11) is 3.72. The van der Waals surface area contributed by atoms with E-state index in [-0.39, 0.29) is 0 Å². The van der Waals surface area contributed by atoms with Gasteiger partial charge in [0.1, 0.15) is 0 Å². The standard InChI is InChI=1S/C12H24N4O/c1-11-9-12(15(2)14-11)10-16(6-4-5-13)7-8-17-3/h9H,4-8,10,13H2,1-3H3. The lowest BCUT2D eigenvalue weighted by Gasteiger charge is -2.21. The van der Waals surface area contributed by atoms with Gasteiger partial charge in [0.15, 0.2) is 0 Å². The summed E-state index contributed by atoms with van der Waals surface area (Å²) in [6, 6.07) is 2.13. The Morgan fingerprint density at radius 1 is 1.47 bits per heavy atom. The molecule has 5 heteroatoms. The molecule has 0 aliphatic rings. The van der Waals surface area contributed by atoms with E-state index in [4.69, 9.17) is 10.5 Å². The molecule has 0 saturated carbocycles. The zero-order chi connectivity index (χ0) is 12.7. The van der Waals surface area contributed by atoms with E-state index in [0.717, 1.165) is 44.9 Å². The van der Waals surface area contributed by atoms with Crippen molar-refractivity contribution in [2.75, 3.05) is 33.4 Å². The fourth-order valence-electron chi connectivity index (χ4n) is 1.85. The minimum atomic E-state index is 0.730. The zero-order valence-corrected chi connectivity index (χ0v) is 11.1. The predicted molar refractivity (Wildman–Crippen MR) is 68.8 cm³/mol. The van der Waals surface area contributed by atoms with Crippen molar-refractivity contribution in [2.24, 2.45) is 12.8 Å². The highest BCUT2D eigenvalue weighted by Gasteiger charge is 2.09. The molecule has 0 amide bonds. The Hall–Kier alpha value is -0.910. The number of methoxy groups -OCH3 is 1. The average Bonchev–Trinajstić information content (AvgIpc) is 2.61. The molecule has 98 valence electrons. The highest BCUT2D eigenvalue weighted by Crippen LogP contribution is 2.06. The van der Waals surface area contributed by atoms with Crippen LogP contribution in [-0.2, 0) is 18.3 Å². The van der Waals surface area contributed by atoms with E-state index in [9.17, 15) is 0 Å². The molecule has 1 aromatic heterocycles. The van der Waals surface area contributed by atoms with Crippen LogP contribution in [0.1, 0.15) is 17.8 Å². The lowest BCUT2D eigenvalue weighted by Crippen LogP contribution is -2.30. The van der Waals surface area contributed by atoms with Gasteiger partial charge in [-0.1, -0.05) is 0 Å². The van der Waals surface area contributed by atoms with Gasteiger partial charge in [-0.3, -0.25) is 9.58 Å². The summed E-state index contributed by atoms with van der Waals surface area (Å²) in [5, 5.41) is 4.36. The van der Waals surface area contributed by atoms with Gasteiger partial charge in [0, 0.05) is 27.2 Å². The van der Waals surface area contributed by atoms with Crippen LogP contribution in [0.15, 0.2) is 6.07 Å². The van der Waals surface area contributed by atoms with Crippen LogP contribution in [0.2, 0.25) is 0 Å². The summed E-state index contributed by atoms with van der Waals surface area (Å²) in [4.78, 5) is 2.35. The van der Waals surface area contributed by atoms with Gasteiger partial charge in [0.25, 0.3) is 0 Å². The number of hydrogen-bond donors (Lipinski definition) is 1. The summed E-state index contributed by atoms with van der Waals surface area (Å²) in [6.07, 6.45) is 1.01. The predicted octanol–water partition coefficient (Wildman–Crippen LogP) is 0.526. The highest BCUT2D eigenvalue weighted by molar-refractivity contribution is 5.08. The number of aromatic nitrogens is 2. The molecule has 0 saturated heterocycles. The molecule has 1 aromatic rings. The first-order valence-electron chi connectivity index (χ1n) is 6.08. The largest absolute Gasteiger partial charge is 0.383 e. The van der Waals surface area contributed by atoms with Gasteiger partial charge in [-0.2, -0.15) is 5.10 Å². The number of rotatable bonds is 8. The first-order chi connectivity index (χ1) is 8.17. The third kappa shape index (κ3) is 4.85. The molecule has 0 spiro atoms. The SMILES string of the molecule is COCCN(CCCN)Cc1cc(C)nn1C. The molecule has 0 radical (unpaired) electrons. The molecule has 17 heavy (non-hydrogen) atoms. The first kappa shape index (κ1) is 14.2. The third-order valence-corrected chi connectivity index (χ3v) is 2.77. The summed E-state index contributed by atoms with van der Waals surface area (Å²) in [5.41, 5.74) is 7.85. The molecule has 0 fully saturated rings. The van der Waals surface area contributed by atoms with Crippen LogP contribution in [0.3, 0.4) is 0 Å². The monoisotopic (exact) mass is 240 g/mol. The molecular formula is C12H24N4O. The number of hydrogen-bond acceptors (Lipinski definition) is 4. The van der Waals surface area contributed by atoms with E-state index < -0.39 is 0 Å². The molecule has 5 nitrogen and oxygen atoms in total. The average molecular weight is 240 g/mol. The van der Waals surface area contributed by atoms with Crippen LogP contribution in [0, 0.1) is 6.92 Å². The lowest BCUT2D eigenvalue weighted by molar-refractivity contribution is 0.142. The minimum Gasteiger partial charge on any atom is -0.383 e. The van der Waals surface area contributed by atoms with Crippen molar-refractivity contribution in [3.8, 4) is 0 Å². The van der Waals surface area contributed by atoms with Crippen molar-refractivity contribution in [2.45, 2.75) is 19.9 Å². The quantitative estimate of drug-likeness (QED) is 0.720. The fraction of sp³-hybridized carbons (Fsp3) is 0.750. The van der Waals surface area contributed by atoms with Crippen LogP contribution in [-0.4, -0.2) is 48.0 Å². The van der Waals surface area contributed by atoms with Gasteiger partial charge >= 0.3 is 0 Å². The molecule has 0 unspecified atom stereocenters. The Morgan fingerprint density at radius 2 is 2.24 bits per heavy atom. The lowest BCUT2D eigenvalue weighted by atomic mass is 10.3. The number of nitrogens with two attached hydrogens (primary N) is 1. The van der Waals surface area contributed by atoms with E-state index >= 15 is 0 Å². The van der Waals surface area contributed by atoms with Crippen molar-refractivity contribution in [1.29, 1.82) is 0 Å². The number of nitrogens with zero attached hydrogens (tertiary/aromatic N) is 3. The Bertz CT molecular complexity index is 316. The molecular weight excluding hydrogens is 216 g/mol. The molecule has 0 aliphatic carbocycles. The highest BCUT2D eigenvalue weighted by atomic mass is 16.5. The number of aryl methyl sites for hydroxylation is 2. The molecule has 1 heterocycles. The van der Waals surface area contributed by atoms with Gasteiger partial charge in [0.05, 0.1) is 18.0 Å². The summed E-state index contributed by atoms with van der Waals surface area (Å²) in [6.45, 7) is 6.34. The maximum Gasteiger partial charge on any atom is 0.0597 e. The number of ether oxygens (including phenoxy) is 1. The van der Waals surface area contributed by atoms with Crippen LogP contribution < -0.4 is 5.73 Å². The summed E-state index contributed by atoms with van der Waals surface area (Å²) in [5.74, 6) is 0. The molecule has 0 aliphatic heterocycles. The van der Waals surface area contributed by atoms with Crippen LogP contribution >= 0.6 is 0 Å². The van der Waals surface area contributed by atoms with Crippen LogP contribution in [0.4, 0.5) is 0 Å². The normalized spacial score (nSPS) is 11.4. The van der Waals surface area contributed by atoms with Gasteiger partial charge in [-0.05, 0) is 32.5 Å². The molecule has 2 N–H and O–H groups in total. The van der Waals surface area contributed by atoms with E-state index in [1.54, 1.807) is 7.11 Å². The maximum atomic E-state index is 5.56. The van der Waals surface area contributed by atoms with Crippen molar-refractivity contribution in [3.05, 3.63) is 17.5 Å².